The monoisotopic (exact) mass is 246 g/mol. The first kappa shape index (κ1) is 14.3. The van der Waals surface area contributed by atoms with E-state index in [1.165, 1.54) is 0 Å². The van der Waals surface area contributed by atoms with Gasteiger partial charge in [0, 0.05) is 12.6 Å². The molecule has 3 nitrogen and oxygen atoms in total. The number of nitrogens with zero attached hydrogens (tertiary/aromatic N) is 2. The fraction of sp³-hybridized carbons (Fsp3) is 0.917. The van der Waals surface area contributed by atoms with Crippen molar-refractivity contribution < 1.29 is 13.9 Å². The zero-order valence-electron chi connectivity index (χ0n) is 10.1. The molecule has 0 radical (unpaired) electrons. The zero-order valence-corrected chi connectivity index (χ0v) is 10.1. The van der Waals surface area contributed by atoms with Gasteiger partial charge in [-0.25, -0.2) is 8.78 Å². The van der Waals surface area contributed by atoms with Gasteiger partial charge in [-0.2, -0.15) is 5.26 Å². The first-order valence-corrected chi connectivity index (χ1v) is 6.11. The molecule has 5 heteroatoms. The van der Waals surface area contributed by atoms with Crippen LogP contribution in [0, 0.1) is 23.2 Å². The summed E-state index contributed by atoms with van der Waals surface area (Å²) in [6.07, 6.45) is 0.104. The van der Waals surface area contributed by atoms with E-state index in [2.05, 4.69) is 13.0 Å². The minimum Gasteiger partial charge on any atom is -0.395 e. The molecule has 0 aliphatic heterocycles. The van der Waals surface area contributed by atoms with Crippen LogP contribution in [0.1, 0.15) is 26.2 Å². The summed E-state index contributed by atoms with van der Waals surface area (Å²) in [4.78, 5) is 1.58. The molecule has 98 valence electrons. The highest BCUT2D eigenvalue weighted by Gasteiger charge is 2.33. The lowest BCUT2D eigenvalue weighted by atomic mass is 9.79. The van der Waals surface area contributed by atoms with E-state index < -0.39 is 6.43 Å². The molecular weight excluding hydrogens is 226 g/mol. The van der Waals surface area contributed by atoms with Gasteiger partial charge in [-0.3, -0.25) is 4.90 Å². The van der Waals surface area contributed by atoms with Crippen LogP contribution >= 0.6 is 0 Å². The Kier molecular flexibility index (Phi) is 5.79. The first-order chi connectivity index (χ1) is 8.08. The summed E-state index contributed by atoms with van der Waals surface area (Å²) in [5.74, 6) is 0.278. The minimum atomic E-state index is -2.42. The van der Waals surface area contributed by atoms with Gasteiger partial charge >= 0.3 is 0 Å². The van der Waals surface area contributed by atoms with Crippen molar-refractivity contribution in [2.45, 2.75) is 38.7 Å². The molecule has 3 unspecified atom stereocenters. The third kappa shape index (κ3) is 4.21. The SMILES string of the molecule is CC1CCC(C#N)C(N(CCO)CC(F)F)C1. The Morgan fingerprint density at radius 2 is 2.18 bits per heavy atom. The van der Waals surface area contributed by atoms with Crippen molar-refractivity contribution in [1.29, 1.82) is 5.26 Å². The van der Waals surface area contributed by atoms with E-state index in [-0.39, 0.29) is 31.7 Å². The largest absolute Gasteiger partial charge is 0.395 e. The Bertz CT molecular complexity index is 268. The summed E-state index contributed by atoms with van der Waals surface area (Å²) >= 11 is 0. The third-order valence-electron chi connectivity index (χ3n) is 3.47. The Balaban J connectivity index is 2.70. The van der Waals surface area contributed by atoms with E-state index in [4.69, 9.17) is 10.4 Å². The number of hydrogen-bond donors (Lipinski definition) is 1. The van der Waals surface area contributed by atoms with Crippen molar-refractivity contribution in [3.05, 3.63) is 0 Å². The van der Waals surface area contributed by atoms with Crippen LogP contribution in [-0.4, -0.2) is 42.2 Å². The van der Waals surface area contributed by atoms with Crippen LogP contribution in [0.5, 0.6) is 0 Å². The molecule has 0 amide bonds. The van der Waals surface area contributed by atoms with Crippen LogP contribution < -0.4 is 0 Å². The molecule has 0 spiro atoms. The lowest BCUT2D eigenvalue weighted by Gasteiger charge is -2.39. The first-order valence-electron chi connectivity index (χ1n) is 6.11. The summed E-state index contributed by atoms with van der Waals surface area (Å²) in [5.41, 5.74) is 0. The van der Waals surface area contributed by atoms with Crippen molar-refractivity contribution in [3.8, 4) is 6.07 Å². The number of alkyl halides is 2. The number of hydrogen-bond acceptors (Lipinski definition) is 3. The molecule has 1 aliphatic carbocycles. The van der Waals surface area contributed by atoms with E-state index >= 15 is 0 Å². The molecule has 0 saturated heterocycles. The van der Waals surface area contributed by atoms with Gasteiger partial charge in [0.25, 0.3) is 6.43 Å². The molecule has 0 aromatic heterocycles. The van der Waals surface area contributed by atoms with Gasteiger partial charge in [-0.1, -0.05) is 6.92 Å². The van der Waals surface area contributed by atoms with E-state index in [9.17, 15) is 8.78 Å². The van der Waals surface area contributed by atoms with Crippen molar-refractivity contribution in [2.24, 2.45) is 11.8 Å². The van der Waals surface area contributed by atoms with E-state index in [0.29, 0.717) is 5.92 Å². The van der Waals surface area contributed by atoms with Gasteiger partial charge in [0.05, 0.1) is 25.1 Å². The highest BCUT2D eigenvalue weighted by atomic mass is 19.3. The van der Waals surface area contributed by atoms with Crippen LogP contribution in [0.3, 0.4) is 0 Å². The molecule has 0 heterocycles. The fourth-order valence-electron chi connectivity index (χ4n) is 2.60. The predicted molar refractivity (Wildman–Crippen MR) is 60.6 cm³/mol. The summed E-state index contributed by atoms with van der Waals surface area (Å²) in [7, 11) is 0. The normalized spacial score (nSPS) is 29.6. The van der Waals surface area contributed by atoms with Gasteiger partial charge in [0.15, 0.2) is 0 Å². The number of aliphatic hydroxyl groups is 1. The highest BCUT2D eigenvalue weighted by molar-refractivity contribution is 4.97. The van der Waals surface area contributed by atoms with E-state index in [1.54, 1.807) is 4.90 Å². The molecule has 1 N–H and O–H groups in total. The van der Waals surface area contributed by atoms with Crippen molar-refractivity contribution in [3.63, 3.8) is 0 Å². The van der Waals surface area contributed by atoms with Gasteiger partial charge in [-0.15, -0.1) is 0 Å². The van der Waals surface area contributed by atoms with Crippen LogP contribution in [0.2, 0.25) is 0 Å². The molecule has 17 heavy (non-hydrogen) atoms. The maximum Gasteiger partial charge on any atom is 0.251 e. The topological polar surface area (TPSA) is 47.3 Å². The lowest BCUT2D eigenvalue weighted by Crippen LogP contribution is -2.47. The number of aliphatic hydroxyl groups excluding tert-OH is 1. The molecular formula is C12H20F2N2O. The average Bonchev–Trinajstić information content (AvgIpc) is 2.28. The number of halogens is 2. The molecule has 1 fully saturated rings. The molecule has 0 bridgehead atoms. The standard InChI is InChI=1S/C12H20F2N2O/c1-9-2-3-10(7-15)11(6-9)16(4-5-17)8-12(13)14/h9-12,17H,2-6,8H2,1H3. The smallest absolute Gasteiger partial charge is 0.251 e. The van der Waals surface area contributed by atoms with E-state index in [0.717, 1.165) is 19.3 Å². The molecule has 1 saturated carbocycles. The summed E-state index contributed by atoms with van der Waals surface area (Å²) in [5, 5.41) is 18.0. The van der Waals surface area contributed by atoms with Gasteiger partial charge in [0.2, 0.25) is 0 Å². The molecule has 0 aromatic carbocycles. The van der Waals surface area contributed by atoms with Crippen molar-refractivity contribution in [2.75, 3.05) is 19.7 Å². The molecule has 3 atom stereocenters. The maximum absolute atomic E-state index is 12.5. The average molecular weight is 246 g/mol. The Morgan fingerprint density at radius 1 is 1.47 bits per heavy atom. The quantitative estimate of drug-likeness (QED) is 0.805. The second-order valence-corrected chi connectivity index (χ2v) is 4.83. The van der Waals surface area contributed by atoms with Crippen molar-refractivity contribution in [1.82, 2.24) is 4.90 Å². The van der Waals surface area contributed by atoms with Crippen molar-refractivity contribution >= 4 is 0 Å². The second kappa shape index (κ2) is 6.87. The lowest BCUT2D eigenvalue weighted by molar-refractivity contribution is 0.0257. The van der Waals surface area contributed by atoms with Gasteiger partial charge in [-0.05, 0) is 25.2 Å². The zero-order chi connectivity index (χ0) is 12.8. The van der Waals surface area contributed by atoms with E-state index in [1.807, 2.05) is 0 Å². The minimum absolute atomic E-state index is 0.134. The third-order valence-corrected chi connectivity index (χ3v) is 3.47. The molecule has 1 aliphatic rings. The van der Waals surface area contributed by atoms with Crippen LogP contribution in [-0.2, 0) is 0 Å². The van der Waals surface area contributed by atoms with Crippen LogP contribution in [0.25, 0.3) is 0 Å². The summed E-state index contributed by atoms with van der Waals surface area (Å²) < 4.78 is 25.0. The number of nitriles is 1. The van der Waals surface area contributed by atoms with Crippen LogP contribution in [0.4, 0.5) is 8.78 Å². The maximum atomic E-state index is 12.5. The Morgan fingerprint density at radius 3 is 2.71 bits per heavy atom. The number of rotatable bonds is 5. The summed E-state index contributed by atoms with van der Waals surface area (Å²) in [6.45, 7) is 1.81. The Labute approximate surface area is 101 Å². The van der Waals surface area contributed by atoms with Crippen LogP contribution in [0.15, 0.2) is 0 Å². The molecule has 0 aromatic rings. The second-order valence-electron chi connectivity index (χ2n) is 4.83. The molecule has 1 rings (SSSR count). The fourth-order valence-corrected chi connectivity index (χ4v) is 2.60. The summed E-state index contributed by atoms with van der Waals surface area (Å²) in [6, 6.07) is 2.08. The highest BCUT2D eigenvalue weighted by Crippen LogP contribution is 2.32. The Hall–Kier alpha value is -0.730. The predicted octanol–water partition coefficient (Wildman–Crippen LogP) is 1.87. The van der Waals surface area contributed by atoms with Gasteiger partial charge < -0.3 is 5.11 Å². The van der Waals surface area contributed by atoms with Gasteiger partial charge in [0.1, 0.15) is 0 Å².